The van der Waals surface area contributed by atoms with Gasteiger partial charge in [0, 0.05) is 11.4 Å². The van der Waals surface area contributed by atoms with Gasteiger partial charge in [0.2, 0.25) is 11.8 Å². The summed E-state index contributed by atoms with van der Waals surface area (Å²) >= 11 is 5.98. The number of hydrogen-bond donors (Lipinski definition) is 3. The summed E-state index contributed by atoms with van der Waals surface area (Å²) in [7, 11) is 0. The first-order valence-corrected chi connectivity index (χ1v) is 6.27. The fraction of sp³-hybridized carbons (Fsp3) is 0.385. The largest absolute Gasteiger partial charge is 0.381 e. The van der Waals surface area contributed by atoms with Crippen LogP contribution in [0.2, 0.25) is 5.02 Å². The minimum atomic E-state index is -1.35. The molecule has 0 bridgehead atoms. The van der Waals surface area contributed by atoms with Crippen LogP contribution in [0.4, 0.5) is 0 Å². The molecule has 0 aliphatic carbocycles. The van der Waals surface area contributed by atoms with Crippen molar-refractivity contribution in [3.05, 3.63) is 34.3 Å². The van der Waals surface area contributed by atoms with E-state index in [1.165, 1.54) is 0 Å². The van der Waals surface area contributed by atoms with E-state index in [-0.39, 0.29) is 18.9 Å². The molecule has 0 aromatic heterocycles. The Hall–Kier alpha value is -1.59. The molecule has 6 heteroatoms. The van der Waals surface area contributed by atoms with Crippen LogP contribution in [0.3, 0.4) is 0 Å². The average molecular weight is 285 g/mol. The second-order valence-corrected chi connectivity index (χ2v) is 4.71. The van der Waals surface area contributed by atoms with Gasteiger partial charge in [0.15, 0.2) is 0 Å². The van der Waals surface area contributed by atoms with Crippen LogP contribution in [-0.2, 0) is 16.0 Å². The summed E-state index contributed by atoms with van der Waals surface area (Å²) in [5, 5.41) is 12.2. The van der Waals surface area contributed by atoms with Gasteiger partial charge in [0.1, 0.15) is 6.10 Å². The lowest BCUT2D eigenvalue weighted by Crippen LogP contribution is -2.40. The van der Waals surface area contributed by atoms with Crippen molar-refractivity contribution < 1.29 is 14.7 Å². The molecular weight excluding hydrogens is 268 g/mol. The first-order chi connectivity index (χ1) is 8.90. The lowest BCUT2D eigenvalue weighted by molar-refractivity contribution is -0.127. The number of aryl methyl sites for hydroxylation is 2. The van der Waals surface area contributed by atoms with Crippen molar-refractivity contribution in [1.29, 1.82) is 0 Å². The number of primary amides is 1. The minimum Gasteiger partial charge on any atom is -0.381 e. The number of aliphatic hydroxyl groups is 1. The number of hydrogen-bond acceptors (Lipinski definition) is 3. The van der Waals surface area contributed by atoms with Gasteiger partial charge in [-0.05, 0) is 30.5 Å². The van der Waals surface area contributed by atoms with Crippen molar-refractivity contribution in [2.24, 2.45) is 5.73 Å². The Kier molecular flexibility index (Phi) is 5.79. The van der Waals surface area contributed by atoms with Gasteiger partial charge >= 0.3 is 0 Å². The topological polar surface area (TPSA) is 92.4 Å². The van der Waals surface area contributed by atoms with Crippen LogP contribution in [-0.4, -0.2) is 29.6 Å². The first-order valence-electron chi connectivity index (χ1n) is 5.89. The summed E-state index contributed by atoms with van der Waals surface area (Å²) in [5.41, 5.74) is 6.81. The van der Waals surface area contributed by atoms with E-state index in [0.717, 1.165) is 11.1 Å². The molecule has 1 atom stereocenters. The summed E-state index contributed by atoms with van der Waals surface area (Å²) in [5.74, 6) is -1.11. The second-order valence-electron chi connectivity index (χ2n) is 4.31. The molecule has 0 aliphatic heterocycles. The molecule has 19 heavy (non-hydrogen) atoms. The van der Waals surface area contributed by atoms with E-state index in [1.54, 1.807) is 0 Å². The molecule has 0 spiro atoms. The zero-order valence-electron chi connectivity index (χ0n) is 10.6. The van der Waals surface area contributed by atoms with Crippen molar-refractivity contribution >= 4 is 23.4 Å². The van der Waals surface area contributed by atoms with Crippen molar-refractivity contribution in [3.63, 3.8) is 0 Å². The van der Waals surface area contributed by atoms with Crippen LogP contribution >= 0.6 is 11.6 Å². The number of amides is 2. The molecule has 1 aromatic carbocycles. The van der Waals surface area contributed by atoms with Gasteiger partial charge in [-0.2, -0.15) is 0 Å². The molecule has 0 fully saturated rings. The van der Waals surface area contributed by atoms with Crippen LogP contribution < -0.4 is 11.1 Å². The van der Waals surface area contributed by atoms with Crippen LogP contribution in [0.5, 0.6) is 0 Å². The van der Waals surface area contributed by atoms with Crippen molar-refractivity contribution in [2.45, 2.75) is 25.9 Å². The third kappa shape index (κ3) is 5.28. The van der Waals surface area contributed by atoms with E-state index in [1.807, 2.05) is 25.1 Å². The molecule has 1 rings (SSSR count). The van der Waals surface area contributed by atoms with Gasteiger partial charge in [-0.1, -0.05) is 23.7 Å². The quantitative estimate of drug-likeness (QED) is 0.712. The number of nitrogens with two attached hydrogens (primary N) is 1. The van der Waals surface area contributed by atoms with Crippen LogP contribution in [0.1, 0.15) is 17.5 Å². The van der Waals surface area contributed by atoms with E-state index in [4.69, 9.17) is 22.4 Å². The molecule has 1 aromatic rings. The van der Waals surface area contributed by atoms with E-state index in [0.29, 0.717) is 11.4 Å². The first kappa shape index (κ1) is 15.5. The summed E-state index contributed by atoms with van der Waals surface area (Å²) in [6.45, 7) is 1.74. The average Bonchev–Trinajstić information content (AvgIpc) is 2.37. The van der Waals surface area contributed by atoms with Gasteiger partial charge in [0.25, 0.3) is 0 Å². The highest BCUT2D eigenvalue weighted by molar-refractivity contribution is 6.31. The molecule has 104 valence electrons. The van der Waals surface area contributed by atoms with E-state index < -0.39 is 12.0 Å². The van der Waals surface area contributed by atoms with E-state index in [9.17, 15) is 9.59 Å². The standard InChI is InChI=1S/C13H17ClN2O3/c1-8-2-3-9(6-10(8)14)4-5-12(18)16-7-11(17)13(15)19/h2-3,6,11,17H,4-5,7H2,1H3,(H2,15,19)(H,16,18). The van der Waals surface area contributed by atoms with Crippen LogP contribution in [0, 0.1) is 6.92 Å². The highest BCUT2D eigenvalue weighted by atomic mass is 35.5. The summed E-state index contributed by atoms with van der Waals surface area (Å²) in [6.07, 6.45) is -0.554. The lowest BCUT2D eigenvalue weighted by Gasteiger charge is -2.08. The molecule has 1 unspecified atom stereocenters. The maximum absolute atomic E-state index is 11.5. The fourth-order valence-electron chi connectivity index (χ4n) is 1.45. The van der Waals surface area contributed by atoms with E-state index >= 15 is 0 Å². The number of halogens is 1. The second kappa shape index (κ2) is 7.11. The van der Waals surface area contributed by atoms with Crippen molar-refractivity contribution in [1.82, 2.24) is 5.32 Å². The summed E-state index contributed by atoms with van der Waals surface area (Å²) < 4.78 is 0. The molecule has 0 saturated heterocycles. The Bertz CT molecular complexity index is 477. The molecule has 2 amide bonds. The maximum atomic E-state index is 11.5. The summed E-state index contributed by atoms with van der Waals surface area (Å²) in [6, 6.07) is 5.63. The zero-order chi connectivity index (χ0) is 14.4. The smallest absolute Gasteiger partial charge is 0.248 e. The Balaban J connectivity index is 2.37. The number of nitrogens with one attached hydrogen (secondary N) is 1. The number of carbonyl (C=O) groups is 2. The maximum Gasteiger partial charge on any atom is 0.248 e. The van der Waals surface area contributed by atoms with Gasteiger partial charge in [-0.25, -0.2) is 0 Å². The SMILES string of the molecule is Cc1ccc(CCC(=O)NCC(O)C(N)=O)cc1Cl. The monoisotopic (exact) mass is 284 g/mol. The predicted octanol–water partition coefficient (Wildman–Crippen LogP) is 0.543. The van der Waals surface area contributed by atoms with E-state index in [2.05, 4.69) is 5.32 Å². The predicted molar refractivity (Wildman–Crippen MR) is 72.7 cm³/mol. The van der Waals surface area contributed by atoms with Gasteiger partial charge in [-0.3, -0.25) is 9.59 Å². The van der Waals surface area contributed by atoms with Crippen LogP contribution in [0.25, 0.3) is 0 Å². The van der Waals surface area contributed by atoms with Crippen molar-refractivity contribution in [3.8, 4) is 0 Å². The number of rotatable bonds is 6. The molecule has 0 saturated carbocycles. The number of carbonyl (C=O) groups excluding carboxylic acids is 2. The van der Waals surface area contributed by atoms with Gasteiger partial charge in [0.05, 0.1) is 6.54 Å². The third-order valence-electron chi connectivity index (χ3n) is 2.70. The Morgan fingerprint density at radius 3 is 2.74 bits per heavy atom. The minimum absolute atomic E-state index is 0.164. The Morgan fingerprint density at radius 2 is 2.16 bits per heavy atom. The normalized spacial score (nSPS) is 11.9. The third-order valence-corrected chi connectivity index (χ3v) is 3.11. The highest BCUT2D eigenvalue weighted by Gasteiger charge is 2.12. The number of benzene rings is 1. The molecular formula is C13H17ClN2O3. The van der Waals surface area contributed by atoms with Gasteiger partial charge in [-0.15, -0.1) is 0 Å². The molecule has 5 nitrogen and oxygen atoms in total. The molecule has 0 radical (unpaired) electrons. The Labute approximate surface area is 116 Å². The molecule has 0 heterocycles. The Morgan fingerprint density at radius 1 is 1.47 bits per heavy atom. The van der Waals surface area contributed by atoms with Crippen LogP contribution in [0.15, 0.2) is 18.2 Å². The fourth-order valence-corrected chi connectivity index (χ4v) is 1.65. The van der Waals surface area contributed by atoms with Crippen molar-refractivity contribution in [2.75, 3.05) is 6.54 Å². The molecule has 4 N–H and O–H groups in total. The summed E-state index contributed by atoms with van der Waals surface area (Å²) in [4.78, 5) is 22.1. The van der Waals surface area contributed by atoms with Gasteiger partial charge < -0.3 is 16.2 Å². The lowest BCUT2D eigenvalue weighted by atomic mass is 10.1. The zero-order valence-corrected chi connectivity index (χ0v) is 11.4. The number of aliphatic hydroxyl groups excluding tert-OH is 1. The highest BCUT2D eigenvalue weighted by Crippen LogP contribution is 2.17. The molecule has 0 aliphatic rings.